The summed E-state index contributed by atoms with van der Waals surface area (Å²) in [6, 6.07) is 4.56. The third kappa shape index (κ3) is 3.86. The molecule has 1 unspecified atom stereocenters. The Kier molecular flexibility index (Phi) is 5.85. The molecular weight excluding hydrogens is 370 g/mol. The molecule has 0 aromatic heterocycles. The van der Waals surface area contributed by atoms with E-state index in [2.05, 4.69) is 0 Å². The van der Waals surface area contributed by atoms with Crippen molar-refractivity contribution in [1.29, 1.82) is 0 Å². The normalized spacial score (nSPS) is 17.9. The second kappa shape index (κ2) is 8.13. The van der Waals surface area contributed by atoms with Gasteiger partial charge in [0.25, 0.3) is 11.8 Å². The summed E-state index contributed by atoms with van der Waals surface area (Å²) < 4.78 is 5.60. The number of benzene rings is 1. The summed E-state index contributed by atoms with van der Waals surface area (Å²) in [7, 11) is 0. The fraction of sp³-hybridized carbons (Fsp3) is 0.450. The minimum Gasteiger partial charge on any atom is -0.479 e. The number of carboxylic acid groups (broad SMARTS) is 1. The Morgan fingerprint density at radius 2 is 1.85 bits per heavy atom. The molecule has 1 aliphatic carbocycles. The van der Waals surface area contributed by atoms with Crippen molar-refractivity contribution in [2.24, 2.45) is 0 Å². The number of carbonyl (C=O) groups is 3. The molecule has 1 N–H and O–H groups in total. The average molecular weight is 392 g/mol. The second-order valence-corrected chi connectivity index (χ2v) is 7.22. The molecule has 2 aliphatic rings. The van der Waals surface area contributed by atoms with Crippen molar-refractivity contribution >= 4 is 35.1 Å². The molecule has 1 aliphatic heterocycles. The van der Waals surface area contributed by atoms with Gasteiger partial charge in [-0.1, -0.05) is 24.9 Å². The molecule has 27 heavy (non-hydrogen) atoms. The Bertz CT molecular complexity index is 789. The highest BCUT2D eigenvalue weighted by Crippen LogP contribution is 2.38. The van der Waals surface area contributed by atoms with Crippen molar-refractivity contribution in [2.75, 3.05) is 4.90 Å². The smallest absolute Gasteiger partial charge is 0.344 e. The molecule has 1 aromatic rings. The van der Waals surface area contributed by atoms with Gasteiger partial charge >= 0.3 is 5.97 Å². The van der Waals surface area contributed by atoms with Crippen LogP contribution in [0.25, 0.3) is 0 Å². The van der Waals surface area contributed by atoms with Crippen LogP contribution in [0.15, 0.2) is 29.3 Å². The highest BCUT2D eigenvalue weighted by atomic mass is 35.5. The zero-order valence-corrected chi connectivity index (χ0v) is 15.9. The molecule has 7 heteroatoms. The van der Waals surface area contributed by atoms with Crippen molar-refractivity contribution in [3.63, 3.8) is 0 Å². The topological polar surface area (TPSA) is 83.9 Å². The maximum Gasteiger partial charge on any atom is 0.344 e. The fourth-order valence-electron chi connectivity index (χ4n) is 3.47. The van der Waals surface area contributed by atoms with Crippen LogP contribution in [0, 0.1) is 0 Å². The van der Waals surface area contributed by atoms with Gasteiger partial charge in [0, 0.05) is 17.2 Å². The van der Waals surface area contributed by atoms with Crippen LogP contribution in [0.2, 0.25) is 5.02 Å². The van der Waals surface area contributed by atoms with Crippen molar-refractivity contribution in [2.45, 2.75) is 58.0 Å². The van der Waals surface area contributed by atoms with Crippen LogP contribution in [0.3, 0.4) is 0 Å². The monoisotopic (exact) mass is 391 g/mol. The maximum absolute atomic E-state index is 12.7. The van der Waals surface area contributed by atoms with Crippen LogP contribution < -0.4 is 9.64 Å². The molecule has 0 radical (unpaired) electrons. The summed E-state index contributed by atoms with van der Waals surface area (Å²) in [5.74, 6) is -1.52. The SMILES string of the molecule is CCCCC(Oc1cc(N2C(=O)C3=C(CCCC3)C2=O)ccc1Cl)C(=O)O. The number of nitrogens with zero attached hydrogens (tertiary/aromatic N) is 1. The predicted molar refractivity (Wildman–Crippen MR) is 101 cm³/mol. The summed E-state index contributed by atoms with van der Waals surface area (Å²) in [5.41, 5.74) is 1.53. The number of unbranched alkanes of at least 4 members (excludes halogenated alkanes) is 1. The van der Waals surface area contributed by atoms with Crippen LogP contribution >= 0.6 is 11.6 Å². The number of carbonyl (C=O) groups excluding carboxylic acids is 2. The summed E-state index contributed by atoms with van der Waals surface area (Å²) in [4.78, 5) is 38.0. The molecule has 144 valence electrons. The number of anilines is 1. The molecule has 0 spiro atoms. The first kappa shape index (κ1) is 19.4. The Morgan fingerprint density at radius 1 is 1.22 bits per heavy atom. The lowest BCUT2D eigenvalue weighted by molar-refractivity contribution is -0.145. The van der Waals surface area contributed by atoms with E-state index in [0.29, 0.717) is 42.5 Å². The summed E-state index contributed by atoms with van der Waals surface area (Å²) in [6.07, 6.45) is 3.90. The lowest BCUT2D eigenvalue weighted by atomic mass is 9.93. The van der Waals surface area contributed by atoms with Crippen molar-refractivity contribution in [3.05, 3.63) is 34.4 Å². The lowest BCUT2D eigenvalue weighted by Crippen LogP contribution is -2.31. The third-order valence-corrected chi connectivity index (χ3v) is 5.24. The summed E-state index contributed by atoms with van der Waals surface area (Å²) in [5, 5.41) is 9.60. The van der Waals surface area contributed by atoms with Gasteiger partial charge in [0.2, 0.25) is 0 Å². The van der Waals surface area contributed by atoms with Gasteiger partial charge in [-0.3, -0.25) is 9.59 Å². The molecular formula is C20H22ClNO5. The van der Waals surface area contributed by atoms with E-state index in [-0.39, 0.29) is 22.6 Å². The van der Waals surface area contributed by atoms with E-state index in [9.17, 15) is 19.5 Å². The second-order valence-electron chi connectivity index (χ2n) is 6.81. The Morgan fingerprint density at radius 3 is 2.41 bits per heavy atom. The van der Waals surface area contributed by atoms with E-state index in [1.807, 2.05) is 6.92 Å². The highest BCUT2D eigenvalue weighted by Gasteiger charge is 2.40. The molecule has 6 nitrogen and oxygen atoms in total. The molecule has 3 rings (SSSR count). The van der Waals surface area contributed by atoms with Gasteiger partial charge in [-0.25, -0.2) is 9.69 Å². The van der Waals surface area contributed by atoms with Crippen LogP contribution in [0.5, 0.6) is 5.75 Å². The zero-order chi connectivity index (χ0) is 19.6. The van der Waals surface area contributed by atoms with Gasteiger partial charge in [-0.05, 0) is 50.7 Å². The largest absolute Gasteiger partial charge is 0.479 e. The van der Waals surface area contributed by atoms with Crippen LogP contribution in [-0.4, -0.2) is 29.0 Å². The van der Waals surface area contributed by atoms with E-state index >= 15 is 0 Å². The first-order chi connectivity index (χ1) is 12.9. The van der Waals surface area contributed by atoms with Crippen LogP contribution in [0.4, 0.5) is 5.69 Å². The molecule has 1 atom stereocenters. The predicted octanol–water partition coefficient (Wildman–Crippen LogP) is 4.11. The number of aliphatic carboxylic acids is 1. The molecule has 0 saturated carbocycles. The quantitative estimate of drug-likeness (QED) is 0.707. The Hall–Kier alpha value is -2.34. The van der Waals surface area contributed by atoms with Crippen LogP contribution in [0.1, 0.15) is 51.9 Å². The number of carboxylic acids is 1. The van der Waals surface area contributed by atoms with Gasteiger partial charge in [-0.2, -0.15) is 0 Å². The molecule has 2 amide bonds. The zero-order valence-electron chi connectivity index (χ0n) is 15.2. The van der Waals surface area contributed by atoms with Crippen LogP contribution in [-0.2, 0) is 14.4 Å². The van der Waals surface area contributed by atoms with Crippen molar-refractivity contribution in [3.8, 4) is 5.75 Å². The molecule has 0 saturated heterocycles. The summed E-state index contributed by atoms with van der Waals surface area (Å²) >= 11 is 6.16. The van der Waals surface area contributed by atoms with E-state index in [1.54, 1.807) is 6.07 Å². The third-order valence-electron chi connectivity index (χ3n) is 4.93. The van der Waals surface area contributed by atoms with Gasteiger partial charge in [-0.15, -0.1) is 0 Å². The number of ether oxygens (including phenoxy) is 1. The fourth-order valence-corrected chi connectivity index (χ4v) is 3.63. The minimum absolute atomic E-state index is 0.156. The molecule has 0 bridgehead atoms. The van der Waals surface area contributed by atoms with E-state index < -0.39 is 12.1 Å². The molecule has 1 aromatic carbocycles. The van der Waals surface area contributed by atoms with Gasteiger partial charge in [0.1, 0.15) is 5.75 Å². The number of imide groups is 1. The Balaban J connectivity index is 1.86. The van der Waals surface area contributed by atoms with Gasteiger partial charge in [0.15, 0.2) is 6.10 Å². The van der Waals surface area contributed by atoms with E-state index in [0.717, 1.165) is 24.2 Å². The number of hydrogen-bond acceptors (Lipinski definition) is 4. The number of amides is 2. The van der Waals surface area contributed by atoms with Gasteiger partial charge in [0.05, 0.1) is 10.7 Å². The first-order valence-corrected chi connectivity index (χ1v) is 9.61. The van der Waals surface area contributed by atoms with Crippen molar-refractivity contribution in [1.82, 2.24) is 0 Å². The number of rotatable bonds is 7. The first-order valence-electron chi connectivity index (χ1n) is 9.23. The summed E-state index contributed by atoms with van der Waals surface area (Å²) in [6.45, 7) is 1.96. The van der Waals surface area contributed by atoms with Crippen molar-refractivity contribution < 1.29 is 24.2 Å². The lowest BCUT2D eigenvalue weighted by Gasteiger charge is -2.19. The maximum atomic E-state index is 12.7. The standard InChI is InChI=1S/C20H22ClNO5/c1-2-3-8-16(20(25)26)27-17-11-12(9-10-15(17)21)22-18(23)13-6-4-5-7-14(13)19(22)24/h9-11,16H,2-8H2,1H3,(H,25,26). The molecule has 0 fully saturated rings. The average Bonchev–Trinajstić information content (AvgIpc) is 2.91. The highest BCUT2D eigenvalue weighted by molar-refractivity contribution is 6.34. The Labute approximate surface area is 162 Å². The minimum atomic E-state index is -1.07. The van der Waals surface area contributed by atoms with E-state index in [1.165, 1.54) is 12.1 Å². The molecule has 1 heterocycles. The van der Waals surface area contributed by atoms with Gasteiger partial charge < -0.3 is 9.84 Å². The number of halogens is 1. The number of hydrogen-bond donors (Lipinski definition) is 1. The van der Waals surface area contributed by atoms with E-state index in [4.69, 9.17) is 16.3 Å².